The highest BCUT2D eigenvalue weighted by atomic mass is 79.9. The van der Waals surface area contributed by atoms with Crippen LogP contribution in [0.5, 0.6) is 0 Å². The summed E-state index contributed by atoms with van der Waals surface area (Å²) >= 11 is 3.71. The van der Waals surface area contributed by atoms with Gasteiger partial charge < -0.3 is 10.6 Å². The van der Waals surface area contributed by atoms with Crippen molar-refractivity contribution in [3.8, 4) is 0 Å². The number of halogens is 1. The minimum atomic E-state index is 0.714. The van der Waals surface area contributed by atoms with E-state index in [9.17, 15) is 0 Å². The van der Waals surface area contributed by atoms with Crippen molar-refractivity contribution in [2.24, 2.45) is 17.6 Å². The van der Waals surface area contributed by atoms with E-state index in [0.717, 1.165) is 18.3 Å². The van der Waals surface area contributed by atoms with E-state index in [1.807, 2.05) is 0 Å². The van der Waals surface area contributed by atoms with Gasteiger partial charge in [-0.15, -0.1) is 0 Å². The van der Waals surface area contributed by atoms with Crippen molar-refractivity contribution < 1.29 is 0 Å². The van der Waals surface area contributed by atoms with Crippen molar-refractivity contribution in [3.63, 3.8) is 0 Å². The highest BCUT2D eigenvalue weighted by Crippen LogP contribution is 2.32. The lowest BCUT2D eigenvalue weighted by molar-refractivity contribution is 0.311. The van der Waals surface area contributed by atoms with E-state index in [4.69, 9.17) is 5.73 Å². The molecule has 0 amide bonds. The van der Waals surface area contributed by atoms with Crippen molar-refractivity contribution in [2.45, 2.75) is 33.1 Å². The first-order chi connectivity index (χ1) is 9.11. The van der Waals surface area contributed by atoms with Crippen molar-refractivity contribution in [1.82, 2.24) is 0 Å². The summed E-state index contributed by atoms with van der Waals surface area (Å²) in [5.74, 6) is 1.71. The van der Waals surface area contributed by atoms with Crippen LogP contribution in [-0.4, -0.2) is 19.6 Å². The largest absolute Gasteiger partial charge is 0.371 e. The zero-order valence-electron chi connectivity index (χ0n) is 12.0. The lowest BCUT2D eigenvalue weighted by Gasteiger charge is -2.36. The SMILES string of the molecule is CC(C)C1CCN(c2ccc(CCN)cc2Br)CC1. The van der Waals surface area contributed by atoms with Crippen molar-refractivity contribution in [3.05, 3.63) is 28.2 Å². The summed E-state index contributed by atoms with van der Waals surface area (Å²) in [5.41, 5.74) is 8.26. The number of nitrogens with zero attached hydrogens (tertiary/aromatic N) is 1. The molecule has 0 atom stereocenters. The fourth-order valence-electron chi connectivity index (χ4n) is 2.94. The van der Waals surface area contributed by atoms with Gasteiger partial charge in [0.1, 0.15) is 0 Å². The maximum Gasteiger partial charge on any atom is 0.0510 e. The van der Waals surface area contributed by atoms with Gasteiger partial charge >= 0.3 is 0 Å². The molecule has 0 aromatic heterocycles. The second-order valence-corrected chi connectivity index (χ2v) is 6.75. The lowest BCUT2D eigenvalue weighted by atomic mass is 9.86. The molecule has 3 heteroatoms. The van der Waals surface area contributed by atoms with Crippen LogP contribution in [0, 0.1) is 11.8 Å². The number of benzene rings is 1. The molecule has 1 saturated heterocycles. The van der Waals surface area contributed by atoms with Crippen LogP contribution in [0.4, 0.5) is 5.69 Å². The van der Waals surface area contributed by atoms with Crippen LogP contribution in [0.1, 0.15) is 32.3 Å². The standard InChI is InChI=1S/C16H25BrN2/c1-12(2)14-6-9-19(10-7-14)16-4-3-13(5-8-18)11-15(16)17/h3-4,11-12,14H,5-10,18H2,1-2H3. The smallest absolute Gasteiger partial charge is 0.0510 e. The average Bonchev–Trinajstić information content (AvgIpc) is 2.39. The molecule has 0 spiro atoms. The zero-order valence-corrected chi connectivity index (χ0v) is 13.6. The van der Waals surface area contributed by atoms with Crippen LogP contribution in [0.3, 0.4) is 0 Å². The Labute approximate surface area is 125 Å². The van der Waals surface area contributed by atoms with Gasteiger partial charge in [-0.1, -0.05) is 19.9 Å². The topological polar surface area (TPSA) is 29.3 Å². The third-order valence-electron chi connectivity index (χ3n) is 4.27. The van der Waals surface area contributed by atoms with Crippen molar-refractivity contribution >= 4 is 21.6 Å². The Morgan fingerprint density at radius 2 is 2.00 bits per heavy atom. The highest BCUT2D eigenvalue weighted by Gasteiger charge is 2.22. The molecule has 1 aromatic rings. The Bertz CT molecular complexity index is 409. The molecule has 2 nitrogen and oxygen atoms in total. The molecular formula is C16H25BrN2. The summed E-state index contributed by atoms with van der Waals surface area (Å²) in [6.07, 6.45) is 3.58. The third-order valence-corrected chi connectivity index (χ3v) is 4.90. The molecule has 1 aliphatic rings. The van der Waals surface area contributed by atoms with E-state index in [1.165, 1.54) is 41.7 Å². The average molecular weight is 325 g/mol. The van der Waals surface area contributed by atoms with Crippen molar-refractivity contribution in [1.29, 1.82) is 0 Å². The van der Waals surface area contributed by atoms with E-state index in [2.05, 4.69) is 52.9 Å². The second kappa shape index (κ2) is 6.76. The second-order valence-electron chi connectivity index (χ2n) is 5.89. The number of hydrogen-bond acceptors (Lipinski definition) is 2. The fourth-order valence-corrected chi connectivity index (χ4v) is 3.61. The van der Waals surface area contributed by atoms with Crippen LogP contribution in [-0.2, 0) is 6.42 Å². The number of piperidine rings is 1. The first kappa shape index (κ1) is 14.9. The van der Waals surface area contributed by atoms with E-state index < -0.39 is 0 Å². The normalized spacial score (nSPS) is 17.2. The molecule has 106 valence electrons. The maximum atomic E-state index is 5.61. The molecular weight excluding hydrogens is 300 g/mol. The Balaban J connectivity index is 2.03. The number of nitrogens with two attached hydrogens (primary N) is 1. The van der Waals surface area contributed by atoms with Gasteiger partial charge in [-0.2, -0.15) is 0 Å². The van der Waals surface area contributed by atoms with Gasteiger partial charge in [0.05, 0.1) is 5.69 Å². The zero-order chi connectivity index (χ0) is 13.8. The lowest BCUT2D eigenvalue weighted by Crippen LogP contribution is -2.35. The highest BCUT2D eigenvalue weighted by molar-refractivity contribution is 9.10. The number of hydrogen-bond donors (Lipinski definition) is 1. The number of rotatable bonds is 4. The summed E-state index contributed by atoms with van der Waals surface area (Å²) in [5, 5.41) is 0. The Hall–Kier alpha value is -0.540. The summed E-state index contributed by atoms with van der Waals surface area (Å²) in [6.45, 7) is 7.76. The summed E-state index contributed by atoms with van der Waals surface area (Å²) in [7, 11) is 0. The molecule has 0 radical (unpaired) electrons. The van der Waals surface area contributed by atoms with Gasteiger partial charge in [-0.3, -0.25) is 0 Å². The van der Waals surface area contributed by atoms with E-state index in [1.54, 1.807) is 0 Å². The van der Waals surface area contributed by atoms with E-state index in [-0.39, 0.29) is 0 Å². The first-order valence-corrected chi connectivity index (χ1v) is 8.14. The van der Waals surface area contributed by atoms with Gasteiger partial charge in [0.2, 0.25) is 0 Å². The third kappa shape index (κ3) is 3.73. The first-order valence-electron chi connectivity index (χ1n) is 7.35. The number of anilines is 1. The van der Waals surface area contributed by atoms with Crippen LogP contribution in [0.15, 0.2) is 22.7 Å². The minimum absolute atomic E-state index is 0.714. The monoisotopic (exact) mass is 324 g/mol. The predicted octanol–water partition coefficient (Wildman–Crippen LogP) is 3.82. The predicted molar refractivity (Wildman–Crippen MR) is 86.7 cm³/mol. The quantitative estimate of drug-likeness (QED) is 0.912. The Morgan fingerprint density at radius 1 is 1.32 bits per heavy atom. The molecule has 1 aliphatic heterocycles. The molecule has 0 bridgehead atoms. The summed E-state index contributed by atoms with van der Waals surface area (Å²) in [6, 6.07) is 6.67. The molecule has 19 heavy (non-hydrogen) atoms. The van der Waals surface area contributed by atoms with Gasteiger partial charge in [-0.25, -0.2) is 0 Å². The molecule has 0 unspecified atom stereocenters. The molecule has 1 heterocycles. The summed E-state index contributed by atoms with van der Waals surface area (Å²) < 4.78 is 1.21. The molecule has 1 aromatic carbocycles. The summed E-state index contributed by atoms with van der Waals surface area (Å²) in [4.78, 5) is 2.51. The molecule has 0 aliphatic carbocycles. The maximum absolute atomic E-state index is 5.61. The molecule has 2 rings (SSSR count). The van der Waals surface area contributed by atoms with Gasteiger partial charge in [-0.05, 0) is 71.3 Å². The van der Waals surface area contributed by atoms with E-state index in [0.29, 0.717) is 6.54 Å². The van der Waals surface area contributed by atoms with Gasteiger partial charge in [0.15, 0.2) is 0 Å². The van der Waals surface area contributed by atoms with Gasteiger partial charge in [0, 0.05) is 17.6 Å². The molecule has 2 N–H and O–H groups in total. The Morgan fingerprint density at radius 3 is 2.53 bits per heavy atom. The van der Waals surface area contributed by atoms with Crippen LogP contribution in [0.25, 0.3) is 0 Å². The minimum Gasteiger partial charge on any atom is -0.371 e. The van der Waals surface area contributed by atoms with Crippen LogP contribution < -0.4 is 10.6 Å². The fraction of sp³-hybridized carbons (Fsp3) is 0.625. The van der Waals surface area contributed by atoms with Crippen molar-refractivity contribution in [2.75, 3.05) is 24.5 Å². The van der Waals surface area contributed by atoms with Crippen LogP contribution >= 0.6 is 15.9 Å². The van der Waals surface area contributed by atoms with E-state index >= 15 is 0 Å². The van der Waals surface area contributed by atoms with Crippen LogP contribution in [0.2, 0.25) is 0 Å². The Kier molecular flexibility index (Phi) is 5.28. The molecule has 1 fully saturated rings. The molecule has 0 saturated carbocycles. The van der Waals surface area contributed by atoms with Gasteiger partial charge in [0.25, 0.3) is 0 Å².